The molecule has 0 spiro atoms. The standard InChI is InChI=1S/C36H26N4O8/c1-4-5-6-7-16(2)38-31(43)19-10-14-23-28-24(15-11-20(26(19)28)32(38)44)36(48)40(35(23)47)39-33(45)21-12-8-17-25-18(30(42)37(3)29(17)41)9-13-22(27(21)25)34(39)46/h8-16H,4-7H2,1-3H3. The predicted octanol–water partition coefficient (Wildman–Crippen LogP) is 4.59. The van der Waals surface area contributed by atoms with Gasteiger partial charge >= 0.3 is 0 Å². The Labute approximate surface area is 272 Å². The minimum atomic E-state index is -0.996. The molecular formula is C36H26N4O8. The van der Waals surface area contributed by atoms with E-state index in [9.17, 15) is 38.4 Å². The van der Waals surface area contributed by atoms with E-state index in [1.165, 1.54) is 60.5 Å². The highest BCUT2D eigenvalue weighted by molar-refractivity contribution is 6.37. The van der Waals surface area contributed by atoms with Crippen LogP contribution >= 0.6 is 0 Å². The Bertz CT molecular complexity index is 2180. The van der Waals surface area contributed by atoms with Crippen LogP contribution in [0.3, 0.4) is 0 Å². The number of amides is 8. The molecule has 8 amide bonds. The van der Waals surface area contributed by atoms with Crippen molar-refractivity contribution in [1.29, 1.82) is 0 Å². The van der Waals surface area contributed by atoms with Gasteiger partial charge in [-0.2, -0.15) is 10.0 Å². The molecule has 4 heterocycles. The van der Waals surface area contributed by atoms with Crippen LogP contribution in [0.5, 0.6) is 0 Å². The number of rotatable bonds is 6. The van der Waals surface area contributed by atoms with Crippen LogP contribution in [0.1, 0.15) is 122 Å². The molecule has 12 nitrogen and oxygen atoms in total. The maximum Gasteiger partial charge on any atom is 0.281 e. The highest BCUT2D eigenvalue weighted by atomic mass is 16.2. The van der Waals surface area contributed by atoms with Gasteiger partial charge in [0.2, 0.25) is 0 Å². The highest BCUT2D eigenvalue weighted by Crippen LogP contribution is 2.42. The average molecular weight is 643 g/mol. The number of hydrazine groups is 1. The Morgan fingerprint density at radius 2 is 0.750 bits per heavy atom. The molecule has 0 aromatic heterocycles. The van der Waals surface area contributed by atoms with Gasteiger partial charge in [0.05, 0.1) is 22.3 Å². The third-order valence-corrected chi connectivity index (χ3v) is 9.85. The Hall–Kier alpha value is -6.04. The molecule has 8 rings (SSSR count). The van der Waals surface area contributed by atoms with Crippen LogP contribution in [0.15, 0.2) is 48.5 Å². The quantitative estimate of drug-likeness (QED) is 0.219. The molecule has 1 atom stereocenters. The van der Waals surface area contributed by atoms with Crippen LogP contribution in [0.25, 0.3) is 21.5 Å². The Kier molecular flexibility index (Phi) is 6.11. The van der Waals surface area contributed by atoms with Crippen molar-refractivity contribution in [3.8, 4) is 0 Å². The predicted molar refractivity (Wildman–Crippen MR) is 169 cm³/mol. The van der Waals surface area contributed by atoms with Crippen molar-refractivity contribution < 1.29 is 38.4 Å². The molecule has 1 unspecified atom stereocenters. The molecule has 0 saturated heterocycles. The molecule has 0 saturated carbocycles. The molecule has 0 bridgehead atoms. The zero-order valence-corrected chi connectivity index (χ0v) is 26.1. The van der Waals surface area contributed by atoms with Crippen LogP contribution < -0.4 is 0 Å². The van der Waals surface area contributed by atoms with Crippen molar-refractivity contribution >= 4 is 68.8 Å². The van der Waals surface area contributed by atoms with E-state index >= 15 is 0 Å². The molecule has 48 heavy (non-hydrogen) atoms. The summed E-state index contributed by atoms with van der Waals surface area (Å²) in [6.07, 6.45) is 3.42. The number of hydrogen-bond acceptors (Lipinski definition) is 8. The minimum absolute atomic E-state index is 0.0638. The number of imide groups is 4. The van der Waals surface area contributed by atoms with Gasteiger partial charge < -0.3 is 0 Å². The number of benzene rings is 4. The molecule has 0 N–H and O–H groups in total. The summed E-state index contributed by atoms with van der Waals surface area (Å²) in [5, 5.41) is 1.48. The van der Waals surface area contributed by atoms with Gasteiger partial charge in [0, 0.05) is 56.9 Å². The summed E-state index contributed by atoms with van der Waals surface area (Å²) >= 11 is 0. The molecule has 0 fully saturated rings. The van der Waals surface area contributed by atoms with E-state index in [-0.39, 0.29) is 72.1 Å². The van der Waals surface area contributed by atoms with Crippen LogP contribution in [0, 0.1) is 0 Å². The van der Waals surface area contributed by atoms with Crippen molar-refractivity contribution in [3.63, 3.8) is 0 Å². The second-order valence-corrected chi connectivity index (χ2v) is 12.5. The van der Waals surface area contributed by atoms with Crippen molar-refractivity contribution in [1.82, 2.24) is 19.8 Å². The molecule has 4 aromatic carbocycles. The summed E-state index contributed by atoms with van der Waals surface area (Å²) in [5.74, 6) is -6.21. The average Bonchev–Trinajstić information content (AvgIpc) is 3.08. The summed E-state index contributed by atoms with van der Waals surface area (Å²) in [6.45, 7) is 3.88. The molecule has 238 valence electrons. The fourth-order valence-corrected chi connectivity index (χ4v) is 7.45. The topological polar surface area (TPSA) is 150 Å². The van der Waals surface area contributed by atoms with Gasteiger partial charge in [-0.05, 0) is 61.9 Å². The smallest absolute Gasteiger partial charge is 0.277 e. The molecule has 0 aliphatic carbocycles. The minimum Gasteiger partial charge on any atom is -0.277 e. The zero-order chi connectivity index (χ0) is 33.9. The van der Waals surface area contributed by atoms with Crippen LogP contribution in [-0.4, -0.2) is 80.2 Å². The molecule has 4 aliphatic heterocycles. The summed E-state index contributed by atoms with van der Waals surface area (Å²) in [4.78, 5) is 112. The first-order chi connectivity index (χ1) is 23.0. The third-order valence-electron chi connectivity index (χ3n) is 9.85. The van der Waals surface area contributed by atoms with Crippen LogP contribution in [0.2, 0.25) is 0 Å². The van der Waals surface area contributed by atoms with E-state index in [0.29, 0.717) is 16.4 Å². The van der Waals surface area contributed by atoms with Gasteiger partial charge in [-0.1, -0.05) is 26.2 Å². The molecular weight excluding hydrogens is 616 g/mol. The van der Waals surface area contributed by atoms with Gasteiger partial charge in [-0.25, -0.2) is 0 Å². The highest BCUT2D eigenvalue weighted by Gasteiger charge is 2.48. The monoisotopic (exact) mass is 642 g/mol. The summed E-state index contributed by atoms with van der Waals surface area (Å²) in [6, 6.07) is 10.6. The van der Waals surface area contributed by atoms with Crippen molar-refractivity contribution in [2.24, 2.45) is 0 Å². The maximum absolute atomic E-state index is 14.1. The SMILES string of the molecule is CCCCCC(C)N1C(=O)c2ccc3c4c(ccc(c24)C1=O)C(=O)N(N1C(=O)c2ccc4c5c(ccc(c25)C1=O)C(=O)N(C)C4=O)C3=O. The lowest BCUT2D eigenvalue weighted by molar-refractivity contribution is 0.00211. The van der Waals surface area contributed by atoms with Crippen LogP contribution in [-0.2, 0) is 0 Å². The largest absolute Gasteiger partial charge is 0.281 e. The lowest BCUT2D eigenvalue weighted by atomic mass is 9.85. The number of hydrogen-bond donors (Lipinski definition) is 0. The normalized spacial score (nSPS) is 17.5. The van der Waals surface area contributed by atoms with Crippen LogP contribution in [0.4, 0.5) is 0 Å². The third kappa shape index (κ3) is 3.54. The van der Waals surface area contributed by atoms with Gasteiger partial charge in [-0.15, -0.1) is 0 Å². The number of carbonyl (C=O) groups is 8. The maximum atomic E-state index is 14.1. The summed E-state index contributed by atoms with van der Waals surface area (Å²) in [5.41, 5.74) is 0.354. The van der Waals surface area contributed by atoms with E-state index in [0.717, 1.165) is 24.2 Å². The fraction of sp³-hybridized carbons (Fsp3) is 0.222. The molecule has 4 aliphatic rings. The first-order valence-electron chi connectivity index (χ1n) is 15.7. The lowest BCUT2D eigenvalue weighted by Crippen LogP contribution is -2.58. The second-order valence-electron chi connectivity index (χ2n) is 12.5. The van der Waals surface area contributed by atoms with Gasteiger partial charge in [0.1, 0.15) is 0 Å². The number of unbranched alkanes of at least 4 members (excludes halogenated alkanes) is 2. The van der Waals surface area contributed by atoms with Gasteiger partial charge in [-0.3, -0.25) is 48.2 Å². The van der Waals surface area contributed by atoms with Gasteiger partial charge in [0.15, 0.2) is 0 Å². The van der Waals surface area contributed by atoms with Crippen molar-refractivity contribution in [3.05, 3.63) is 93.0 Å². The van der Waals surface area contributed by atoms with E-state index in [2.05, 4.69) is 6.92 Å². The van der Waals surface area contributed by atoms with Crippen molar-refractivity contribution in [2.75, 3.05) is 7.05 Å². The Morgan fingerprint density at radius 1 is 0.458 bits per heavy atom. The van der Waals surface area contributed by atoms with E-state index in [4.69, 9.17) is 0 Å². The van der Waals surface area contributed by atoms with Crippen molar-refractivity contribution in [2.45, 2.75) is 45.6 Å². The zero-order valence-electron chi connectivity index (χ0n) is 26.1. The Morgan fingerprint density at radius 3 is 1.06 bits per heavy atom. The van der Waals surface area contributed by atoms with Gasteiger partial charge in [0.25, 0.3) is 47.3 Å². The molecule has 12 heteroatoms. The van der Waals surface area contributed by atoms with E-state index in [1.807, 2.05) is 6.92 Å². The lowest BCUT2D eigenvalue weighted by Gasteiger charge is -2.38. The number of carbonyl (C=O) groups excluding carboxylic acids is 8. The van der Waals surface area contributed by atoms with E-state index < -0.39 is 47.3 Å². The molecule has 4 aromatic rings. The first-order valence-corrected chi connectivity index (χ1v) is 15.7. The summed E-state index contributed by atoms with van der Waals surface area (Å²) in [7, 11) is 1.34. The first kappa shape index (κ1) is 29.4. The Balaban J connectivity index is 1.23. The fourth-order valence-electron chi connectivity index (χ4n) is 7.45. The van der Waals surface area contributed by atoms with E-state index in [1.54, 1.807) is 0 Å². The molecule has 0 radical (unpaired) electrons. The number of nitrogens with zero attached hydrogens (tertiary/aromatic N) is 4. The summed E-state index contributed by atoms with van der Waals surface area (Å²) < 4.78 is 0. The second kappa shape index (κ2) is 9.98.